The normalized spacial score (nSPS) is 14.8. The van der Waals surface area contributed by atoms with E-state index in [1.165, 1.54) is 116 Å². The molecule has 0 fully saturated rings. The zero-order valence-electron chi connectivity index (χ0n) is 65.3. The van der Waals surface area contributed by atoms with Crippen LogP contribution in [0.1, 0.15) is 303 Å². The van der Waals surface area contributed by atoms with Crippen LogP contribution in [0.4, 0.5) is 0 Å². The van der Waals surface area contributed by atoms with E-state index in [4.69, 9.17) is 32.3 Å². The third-order valence-corrected chi connectivity index (χ3v) is 18.3. The molecule has 0 aliphatic heterocycles. The first-order chi connectivity index (χ1) is 51.2. The minimum atomic E-state index is -4.96. The highest BCUT2D eigenvalue weighted by atomic mass is 31.2. The third kappa shape index (κ3) is 79.8. The molecule has 0 rings (SSSR count). The molecular formula is C87H144O16P2. The number of aliphatic hydroxyl groups excluding tert-OH is 2. The number of esters is 3. The van der Waals surface area contributed by atoms with Gasteiger partial charge >= 0.3 is 33.6 Å². The van der Waals surface area contributed by atoms with E-state index in [1.54, 1.807) is 0 Å². The van der Waals surface area contributed by atoms with Crippen molar-refractivity contribution in [2.75, 3.05) is 39.6 Å². The highest BCUT2D eigenvalue weighted by molar-refractivity contribution is 7.47. The average Bonchev–Trinajstić information content (AvgIpc) is 0.915. The quantitative estimate of drug-likeness (QED) is 0.0146. The van der Waals surface area contributed by atoms with Crippen LogP contribution in [0, 0.1) is 0 Å². The molecule has 0 aliphatic rings. The van der Waals surface area contributed by atoms with Gasteiger partial charge in [-0.1, -0.05) is 306 Å². The van der Waals surface area contributed by atoms with E-state index < -0.39 is 91.5 Å². The minimum Gasteiger partial charge on any atom is -0.463 e. The Labute approximate surface area is 637 Å². The predicted octanol–water partition coefficient (Wildman–Crippen LogP) is 24.0. The van der Waals surface area contributed by atoms with Crippen LogP contribution in [0.25, 0.3) is 0 Å². The van der Waals surface area contributed by atoms with Gasteiger partial charge in [0.05, 0.1) is 26.4 Å². The van der Waals surface area contributed by atoms with E-state index in [1.807, 2.05) is 12.2 Å². The lowest BCUT2D eigenvalue weighted by atomic mass is 10.0. The molecule has 105 heavy (non-hydrogen) atoms. The number of aliphatic hydroxyl groups is 2. The van der Waals surface area contributed by atoms with Crippen molar-refractivity contribution in [2.24, 2.45) is 0 Å². The van der Waals surface area contributed by atoms with Crippen LogP contribution in [-0.4, -0.2) is 95.9 Å². The molecule has 0 amide bonds. The van der Waals surface area contributed by atoms with Gasteiger partial charge in [-0.05, 0) is 148 Å². The number of hydrogen-bond donors (Lipinski definition) is 4. The van der Waals surface area contributed by atoms with Gasteiger partial charge in [-0.15, -0.1) is 0 Å². The van der Waals surface area contributed by atoms with Crippen molar-refractivity contribution in [3.8, 4) is 0 Å². The summed E-state index contributed by atoms with van der Waals surface area (Å²) in [6.45, 7) is 2.31. The Morgan fingerprint density at radius 2 is 0.514 bits per heavy atom. The third-order valence-electron chi connectivity index (χ3n) is 16.4. The molecule has 5 atom stereocenters. The maximum Gasteiger partial charge on any atom is 0.472 e. The molecule has 0 heterocycles. The molecule has 0 aromatic heterocycles. The van der Waals surface area contributed by atoms with Crippen molar-refractivity contribution in [2.45, 2.75) is 322 Å². The molecule has 598 valence electrons. The Morgan fingerprint density at radius 3 is 0.838 bits per heavy atom. The zero-order valence-corrected chi connectivity index (χ0v) is 67.1. The van der Waals surface area contributed by atoms with Gasteiger partial charge in [-0.3, -0.25) is 32.5 Å². The Morgan fingerprint density at radius 1 is 0.276 bits per heavy atom. The van der Waals surface area contributed by atoms with Gasteiger partial charge in [0.1, 0.15) is 25.4 Å². The van der Waals surface area contributed by atoms with Gasteiger partial charge in [-0.25, -0.2) is 9.13 Å². The number of unbranched alkanes of at least 4 members (excludes halogenated alkanes) is 24. The number of ether oxygens (including phenoxy) is 3. The van der Waals surface area contributed by atoms with Crippen molar-refractivity contribution in [1.29, 1.82) is 0 Å². The molecule has 0 radical (unpaired) electrons. The summed E-state index contributed by atoms with van der Waals surface area (Å²) >= 11 is 0. The molecule has 0 aliphatic carbocycles. The first-order valence-corrected chi connectivity index (χ1v) is 43.4. The van der Waals surface area contributed by atoms with Crippen molar-refractivity contribution < 1.29 is 75.8 Å². The predicted molar refractivity (Wildman–Crippen MR) is 435 cm³/mol. The fourth-order valence-corrected chi connectivity index (χ4v) is 11.9. The molecule has 0 aromatic carbocycles. The maximum absolute atomic E-state index is 12.9. The topological polar surface area (TPSA) is 231 Å². The van der Waals surface area contributed by atoms with Crippen molar-refractivity contribution in [3.63, 3.8) is 0 Å². The zero-order chi connectivity index (χ0) is 76.6. The van der Waals surface area contributed by atoms with Gasteiger partial charge in [0.2, 0.25) is 0 Å². The fraction of sp³-hybridized carbons (Fsp3) is 0.644. The first-order valence-electron chi connectivity index (χ1n) is 40.4. The number of phosphoric ester groups is 2. The molecular weight excluding hydrogens is 1360 g/mol. The molecule has 4 N–H and O–H groups in total. The highest BCUT2D eigenvalue weighted by Crippen LogP contribution is 2.45. The highest BCUT2D eigenvalue weighted by Gasteiger charge is 2.29. The number of carbonyl (C=O) groups excluding carboxylic acids is 3. The van der Waals surface area contributed by atoms with Gasteiger partial charge < -0.3 is 34.2 Å². The first kappa shape index (κ1) is 99.9. The number of allylic oxidation sites excluding steroid dienone is 28. The monoisotopic (exact) mass is 1510 g/mol. The second kappa shape index (κ2) is 78.5. The smallest absolute Gasteiger partial charge is 0.463 e. The summed E-state index contributed by atoms with van der Waals surface area (Å²) < 4.78 is 61.0. The number of rotatable bonds is 75. The van der Waals surface area contributed by atoms with Crippen LogP contribution in [0.2, 0.25) is 0 Å². The van der Waals surface area contributed by atoms with Gasteiger partial charge in [0.15, 0.2) is 6.10 Å². The summed E-state index contributed by atoms with van der Waals surface area (Å²) in [5.74, 6) is -1.69. The van der Waals surface area contributed by atoms with E-state index in [9.17, 15) is 43.5 Å². The van der Waals surface area contributed by atoms with E-state index >= 15 is 0 Å². The maximum atomic E-state index is 12.9. The van der Waals surface area contributed by atoms with Crippen LogP contribution < -0.4 is 0 Å². The second-order valence-corrected chi connectivity index (χ2v) is 29.4. The van der Waals surface area contributed by atoms with Crippen LogP contribution in [0.3, 0.4) is 0 Å². The Hall–Kier alpha value is -5.09. The molecule has 0 aromatic rings. The molecule has 0 spiro atoms. The summed E-state index contributed by atoms with van der Waals surface area (Å²) in [7, 11) is -9.83. The van der Waals surface area contributed by atoms with E-state index in [-0.39, 0.29) is 19.3 Å². The number of hydrogen-bond acceptors (Lipinski definition) is 14. The Balaban J connectivity index is 4.53. The lowest BCUT2D eigenvalue weighted by Gasteiger charge is -2.21. The molecule has 0 saturated heterocycles. The number of carbonyl (C=O) groups is 3. The largest absolute Gasteiger partial charge is 0.472 e. The van der Waals surface area contributed by atoms with Crippen LogP contribution >= 0.6 is 15.6 Å². The minimum absolute atomic E-state index is 0.0126. The Bertz CT molecular complexity index is 2590. The Kier molecular flexibility index (Phi) is 74.7. The van der Waals surface area contributed by atoms with Crippen molar-refractivity contribution in [3.05, 3.63) is 170 Å². The SMILES string of the molecule is CC/C=C\C/C=C\C/C=C\C/C=C\C/C=C\CCCCCC(=O)OCC(COP(=O)(O)OCC(O)COP(=O)(O)OCC(O)COC(=O)CCCCCCCCCCCCCCCCCCC/C=C\C/C=C\C/C=C\C/C=C\CCCCC)OC(=O)CCC/C=C\C/C=C\C/C=C\C/C=C\C/C=C\CC. The van der Waals surface area contributed by atoms with Gasteiger partial charge in [0.25, 0.3) is 0 Å². The summed E-state index contributed by atoms with van der Waals surface area (Å²) in [5, 5.41) is 20.6. The summed E-state index contributed by atoms with van der Waals surface area (Å²) in [6.07, 6.45) is 100. The molecule has 0 saturated carbocycles. The van der Waals surface area contributed by atoms with Gasteiger partial charge in [0, 0.05) is 19.3 Å². The summed E-state index contributed by atoms with van der Waals surface area (Å²) in [6, 6.07) is 0. The van der Waals surface area contributed by atoms with Crippen molar-refractivity contribution >= 4 is 33.6 Å². The molecule has 18 heteroatoms. The van der Waals surface area contributed by atoms with Crippen LogP contribution in [0.5, 0.6) is 0 Å². The molecule has 0 bridgehead atoms. The van der Waals surface area contributed by atoms with Crippen LogP contribution in [-0.2, 0) is 55.8 Å². The van der Waals surface area contributed by atoms with E-state index in [2.05, 4.69) is 179 Å². The second-order valence-electron chi connectivity index (χ2n) is 26.5. The van der Waals surface area contributed by atoms with Gasteiger partial charge in [-0.2, -0.15) is 0 Å². The summed E-state index contributed by atoms with van der Waals surface area (Å²) in [5.41, 5.74) is 0. The summed E-state index contributed by atoms with van der Waals surface area (Å²) in [4.78, 5) is 58.6. The molecule has 5 unspecified atom stereocenters. The standard InChI is InChI=1S/C87H144O16P2/c1-4-7-10-13-16-19-22-25-28-31-33-34-35-36-37-38-39-40-41-42-43-44-45-46-48-51-52-55-58-61-64-67-70-73-85(90)97-76-82(88)77-99-104(93,94)100-78-83(89)79-101-105(95,96)102-81-84(103-87(92)75-72-69-66-63-60-57-54-49-30-27-24-21-18-15-12-9-6-3)80-98-86(91)74-71-68-65-62-59-56-53-50-47-32-29-26-23-20-17-14-11-8-5-2/h8-9,11-12,16-21,25-30,33-34,36-37,47,50,54,56-57,59,63,66,82-84,88-89H,4-7,10,13-15,22-24,31-32,35,38-46,48-49,51-53,55,58,60-62,64-65,67-81H2,1-3H3,(H,93,94)(H,95,96)/b11-8-,12-9-,19-16-,20-17-,21-18-,28-25-,29-26-,30-27-,34-33-,37-36-,50-47-,57-54-,59-56-,66-63-. The number of phosphoric acid groups is 2. The average molecular weight is 1510 g/mol. The van der Waals surface area contributed by atoms with Crippen molar-refractivity contribution in [1.82, 2.24) is 0 Å². The van der Waals surface area contributed by atoms with Crippen LogP contribution in [0.15, 0.2) is 170 Å². The van der Waals surface area contributed by atoms with E-state index in [0.29, 0.717) is 25.7 Å². The van der Waals surface area contributed by atoms with E-state index in [0.717, 1.165) is 122 Å². The lowest BCUT2D eigenvalue weighted by Crippen LogP contribution is -2.30. The fourth-order valence-electron chi connectivity index (χ4n) is 10.3. The lowest BCUT2D eigenvalue weighted by molar-refractivity contribution is -0.161. The molecule has 16 nitrogen and oxygen atoms in total.